The van der Waals surface area contributed by atoms with Crippen molar-refractivity contribution in [3.63, 3.8) is 0 Å². The van der Waals surface area contributed by atoms with Crippen molar-refractivity contribution in [2.24, 2.45) is 4.99 Å². The van der Waals surface area contributed by atoms with Crippen LogP contribution in [0.25, 0.3) is 17.1 Å². The van der Waals surface area contributed by atoms with Gasteiger partial charge < -0.3 is 14.8 Å². The zero-order chi connectivity index (χ0) is 33.6. The maximum Gasteiger partial charge on any atom is 0.573 e. The van der Waals surface area contributed by atoms with Gasteiger partial charge in [-0.1, -0.05) is 43.8 Å². The van der Waals surface area contributed by atoms with E-state index in [0.717, 1.165) is 29.5 Å². The van der Waals surface area contributed by atoms with Crippen molar-refractivity contribution in [2.45, 2.75) is 45.4 Å². The summed E-state index contributed by atoms with van der Waals surface area (Å²) in [5, 5.41) is 7.64. The number of hydrogen-bond donors (Lipinski definition) is 1. The second-order valence-electron chi connectivity index (χ2n) is 10.9. The van der Waals surface area contributed by atoms with Gasteiger partial charge >= 0.3 is 12.4 Å². The fourth-order valence-corrected chi connectivity index (χ4v) is 5.83. The Morgan fingerprint density at radius 1 is 1.06 bits per heavy atom. The minimum absolute atomic E-state index is 0.124. The van der Waals surface area contributed by atoms with E-state index in [4.69, 9.17) is 4.74 Å². The smallest absolute Gasteiger partial charge is 0.497 e. The average molecular weight is 667 g/mol. The molecule has 0 unspecified atom stereocenters. The SMILES string of the molecule is COc1ccc(N2C(=O)CSC2=NC(=O)NCCCCc2cccc(-c3ncn(-c4ccc(OC(F)(F)F)cc4)n3)c2)c(C(C)C)c1. The Labute approximate surface area is 274 Å². The summed E-state index contributed by atoms with van der Waals surface area (Å²) in [4.78, 5) is 35.5. The third-order valence-corrected chi connectivity index (χ3v) is 8.16. The molecule has 246 valence electrons. The van der Waals surface area contributed by atoms with Crippen LogP contribution in [0.15, 0.2) is 78.0 Å². The van der Waals surface area contributed by atoms with Gasteiger partial charge in [-0.2, -0.15) is 4.99 Å². The van der Waals surface area contributed by atoms with Crippen molar-refractivity contribution >= 4 is 34.6 Å². The molecule has 1 N–H and O–H groups in total. The van der Waals surface area contributed by atoms with Crippen molar-refractivity contribution in [2.75, 3.05) is 24.3 Å². The number of urea groups is 1. The number of carbonyl (C=O) groups is 2. The molecular weight excluding hydrogens is 633 g/mol. The Kier molecular flexibility index (Phi) is 10.5. The van der Waals surface area contributed by atoms with Crippen LogP contribution in [0.3, 0.4) is 0 Å². The van der Waals surface area contributed by atoms with E-state index in [2.05, 4.69) is 25.1 Å². The van der Waals surface area contributed by atoms with Crippen LogP contribution in [0.4, 0.5) is 23.7 Å². The van der Waals surface area contributed by atoms with Crippen LogP contribution in [0, 0.1) is 0 Å². The minimum atomic E-state index is -4.76. The number of nitrogens with zero attached hydrogens (tertiary/aromatic N) is 5. The summed E-state index contributed by atoms with van der Waals surface area (Å²) in [6, 6.07) is 18.1. The number of aryl methyl sites for hydroxylation is 1. The minimum Gasteiger partial charge on any atom is -0.497 e. The van der Waals surface area contributed by atoms with Gasteiger partial charge in [0.25, 0.3) is 0 Å². The quantitative estimate of drug-likeness (QED) is 0.170. The molecule has 3 amide bonds. The molecule has 0 spiro atoms. The van der Waals surface area contributed by atoms with Crippen LogP contribution in [-0.4, -0.2) is 57.6 Å². The molecule has 0 radical (unpaired) electrons. The first-order valence-corrected chi connectivity index (χ1v) is 15.9. The Morgan fingerprint density at radius 3 is 2.55 bits per heavy atom. The number of amidine groups is 1. The van der Waals surface area contributed by atoms with Crippen molar-refractivity contribution in [3.05, 3.63) is 84.2 Å². The third kappa shape index (κ3) is 8.70. The van der Waals surface area contributed by atoms with Gasteiger partial charge in [0.2, 0.25) is 5.91 Å². The zero-order valence-electron chi connectivity index (χ0n) is 26.0. The highest BCUT2D eigenvalue weighted by molar-refractivity contribution is 8.15. The molecule has 1 saturated heterocycles. The normalized spacial score (nSPS) is 14.2. The number of aromatic nitrogens is 3. The first kappa shape index (κ1) is 33.5. The number of aliphatic imine (C=N–C) groups is 1. The number of methoxy groups -OCH3 is 1. The number of ether oxygens (including phenoxy) is 2. The number of unbranched alkanes of at least 4 members (excludes halogenated alkanes) is 1. The number of hydrogen-bond acceptors (Lipinski definition) is 7. The van der Waals surface area contributed by atoms with Crippen LogP contribution >= 0.6 is 11.8 Å². The lowest BCUT2D eigenvalue weighted by molar-refractivity contribution is -0.274. The number of benzene rings is 3. The van der Waals surface area contributed by atoms with E-state index >= 15 is 0 Å². The summed E-state index contributed by atoms with van der Waals surface area (Å²) in [5.74, 6) is 1.05. The number of anilines is 1. The van der Waals surface area contributed by atoms with E-state index < -0.39 is 12.4 Å². The molecule has 14 heteroatoms. The number of amides is 3. The lowest BCUT2D eigenvalue weighted by atomic mass is 10.00. The zero-order valence-corrected chi connectivity index (χ0v) is 26.8. The van der Waals surface area contributed by atoms with E-state index in [0.29, 0.717) is 41.1 Å². The topological polar surface area (TPSA) is 111 Å². The molecular formula is C33H33F3N6O4S. The number of thioether (sulfide) groups is 1. The first-order chi connectivity index (χ1) is 22.5. The van der Waals surface area contributed by atoms with Gasteiger partial charge in [0.15, 0.2) is 11.0 Å². The first-order valence-electron chi connectivity index (χ1n) is 14.9. The van der Waals surface area contributed by atoms with Gasteiger partial charge in [0.1, 0.15) is 17.8 Å². The average Bonchev–Trinajstić information content (AvgIpc) is 3.67. The summed E-state index contributed by atoms with van der Waals surface area (Å²) in [6.07, 6.45) is -0.989. The van der Waals surface area contributed by atoms with Crippen molar-refractivity contribution in [1.82, 2.24) is 20.1 Å². The van der Waals surface area contributed by atoms with Gasteiger partial charge in [0, 0.05) is 12.1 Å². The number of rotatable bonds is 11. The Hall–Kier alpha value is -4.85. The predicted octanol–water partition coefficient (Wildman–Crippen LogP) is 7.13. The molecule has 0 atom stereocenters. The van der Waals surface area contributed by atoms with Gasteiger partial charge in [-0.05, 0) is 84.8 Å². The summed E-state index contributed by atoms with van der Waals surface area (Å²) in [6.45, 7) is 4.48. The summed E-state index contributed by atoms with van der Waals surface area (Å²) >= 11 is 1.24. The van der Waals surface area contributed by atoms with Crippen LogP contribution in [0.1, 0.15) is 43.7 Å². The van der Waals surface area contributed by atoms with Gasteiger partial charge in [-0.3, -0.25) is 9.69 Å². The monoisotopic (exact) mass is 666 g/mol. The summed E-state index contributed by atoms with van der Waals surface area (Å²) in [7, 11) is 1.59. The largest absolute Gasteiger partial charge is 0.573 e. The Balaban J connectivity index is 1.13. The molecule has 1 aliphatic rings. The summed E-state index contributed by atoms with van der Waals surface area (Å²) < 4.78 is 48.1. The van der Waals surface area contributed by atoms with Gasteiger partial charge in [-0.25, -0.2) is 14.5 Å². The van der Waals surface area contributed by atoms with E-state index in [1.807, 2.05) is 50.2 Å². The highest BCUT2D eigenvalue weighted by Crippen LogP contribution is 2.35. The lowest BCUT2D eigenvalue weighted by Gasteiger charge is -2.22. The molecule has 1 fully saturated rings. The molecule has 1 aromatic heterocycles. The molecule has 2 heterocycles. The maximum atomic E-state index is 12.8. The standard InChI is InChI=1S/C33H33F3N6O4S/c1-21(2)27-18-26(45-3)14-15-28(27)42-29(43)19-47-32(42)39-31(44)37-16-5-4-7-22-8-6-9-23(17-22)30-38-20-41(40-30)24-10-12-25(13-11-24)46-33(34,35)36/h6,8-15,17-18,20-21H,4-5,7,16,19H2,1-3H3,(H,37,44). The molecule has 0 saturated carbocycles. The van der Waals surface area contributed by atoms with Crippen LogP contribution < -0.4 is 19.7 Å². The van der Waals surface area contributed by atoms with Gasteiger partial charge in [-0.15, -0.1) is 18.3 Å². The van der Waals surface area contributed by atoms with Crippen LogP contribution in [0.2, 0.25) is 0 Å². The number of halogens is 3. The Bertz CT molecular complexity index is 1760. The highest BCUT2D eigenvalue weighted by atomic mass is 32.2. The Morgan fingerprint density at radius 2 is 1.83 bits per heavy atom. The predicted molar refractivity (Wildman–Crippen MR) is 174 cm³/mol. The van der Waals surface area contributed by atoms with Crippen LogP contribution in [-0.2, 0) is 11.2 Å². The van der Waals surface area contributed by atoms with Crippen molar-refractivity contribution in [3.8, 4) is 28.6 Å². The summed E-state index contributed by atoms with van der Waals surface area (Å²) in [5.41, 5.74) is 4.02. The fraction of sp³-hybridized carbons (Fsp3) is 0.303. The number of nitrogens with one attached hydrogen (secondary N) is 1. The second-order valence-corrected chi connectivity index (χ2v) is 11.9. The lowest BCUT2D eigenvalue weighted by Crippen LogP contribution is -2.32. The molecule has 1 aliphatic heterocycles. The van der Waals surface area contributed by atoms with Gasteiger partial charge in [0.05, 0.1) is 24.2 Å². The second kappa shape index (κ2) is 14.7. The highest BCUT2D eigenvalue weighted by Gasteiger charge is 2.33. The van der Waals surface area contributed by atoms with E-state index in [1.165, 1.54) is 51.9 Å². The molecule has 5 rings (SSSR count). The molecule has 0 aliphatic carbocycles. The van der Waals surface area contributed by atoms with E-state index in [1.54, 1.807) is 13.2 Å². The number of alkyl halides is 3. The van der Waals surface area contributed by atoms with E-state index in [9.17, 15) is 22.8 Å². The maximum absolute atomic E-state index is 12.8. The van der Waals surface area contributed by atoms with Crippen molar-refractivity contribution in [1.29, 1.82) is 0 Å². The molecule has 4 aromatic rings. The van der Waals surface area contributed by atoms with Crippen LogP contribution in [0.5, 0.6) is 11.5 Å². The molecule has 0 bridgehead atoms. The van der Waals surface area contributed by atoms with Crippen molar-refractivity contribution < 1.29 is 32.2 Å². The molecule has 10 nitrogen and oxygen atoms in total. The fourth-order valence-electron chi connectivity index (χ4n) is 4.97. The molecule has 3 aromatic carbocycles. The number of carbonyl (C=O) groups excluding carboxylic acids is 2. The van der Waals surface area contributed by atoms with E-state index in [-0.39, 0.29) is 23.3 Å². The molecule has 47 heavy (non-hydrogen) atoms. The third-order valence-electron chi connectivity index (χ3n) is 7.24.